The highest BCUT2D eigenvalue weighted by Gasteiger charge is 2.27. The minimum atomic E-state index is 0.0800. The zero-order valence-electron chi connectivity index (χ0n) is 19.2. The van der Waals surface area contributed by atoms with Gasteiger partial charge >= 0.3 is 0 Å². The van der Waals surface area contributed by atoms with Crippen molar-refractivity contribution in [3.05, 3.63) is 65.9 Å². The molecule has 3 heterocycles. The molecule has 0 saturated carbocycles. The van der Waals surface area contributed by atoms with Crippen LogP contribution < -0.4 is 10.2 Å². The van der Waals surface area contributed by atoms with Crippen molar-refractivity contribution in [3.63, 3.8) is 0 Å². The number of nitrogens with zero attached hydrogens (tertiary/aromatic N) is 5. The van der Waals surface area contributed by atoms with Gasteiger partial charge in [0.2, 0.25) is 11.9 Å². The van der Waals surface area contributed by atoms with E-state index in [9.17, 15) is 4.79 Å². The summed E-state index contributed by atoms with van der Waals surface area (Å²) in [4.78, 5) is 28.8. The fourth-order valence-electron chi connectivity index (χ4n) is 4.20. The molecule has 7 nitrogen and oxygen atoms in total. The van der Waals surface area contributed by atoms with Gasteiger partial charge in [0, 0.05) is 44.0 Å². The van der Waals surface area contributed by atoms with Crippen LogP contribution in [0.2, 0.25) is 0 Å². The fraction of sp³-hybridized carbons (Fsp3) is 0.440. The Morgan fingerprint density at radius 3 is 2.84 bits per heavy atom. The third-order valence-corrected chi connectivity index (χ3v) is 5.96. The van der Waals surface area contributed by atoms with Crippen LogP contribution in [0.15, 0.2) is 49.1 Å². The molecule has 1 fully saturated rings. The van der Waals surface area contributed by atoms with Crippen molar-refractivity contribution in [1.82, 2.24) is 24.8 Å². The zero-order chi connectivity index (χ0) is 22.5. The molecule has 7 heteroatoms. The molecule has 1 saturated heterocycles. The number of nitrogens with one attached hydrogen (secondary N) is 1. The molecule has 1 aromatic carbocycles. The molecule has 0 bridgehead atoms. The van der Waals surface area contributed by atoms with Crippen LogP contribution in [0.1, 0.15) is 62.3 Å². The van der Waals surface area contributed by atoms with E-state index in [2.05, 4.69) is 54.2 Å². The highest BCUT2D eigenvalue weighted by atomic mass is 16.1. The van der Waals surface area contributed by atoms with Crippen LogP contribution in [0, 0.1) is 6.92 Å². The summed E-state index contributed by atoms with van der Waals surface area (Å²) < 4.78 is 1.84. The second kappa shape index (κ2) is 9.94. The highest BCUT2D eigenvalue weighted by molar-refractivity contribution is 5.77. The van der Waals surface area contributed by atoms with E-state index in [1.54, 1.807) is 12.5 Å². The summed E-state index contributed by atoms with van der Waals surface area (Å²) in [7, 11) is 0. The number of aryl methyl sites for hydroxylation is 1. The molecule has 4 rings (SSSR count). The van der Waals surface area contributed by atoms with Crippen LogP contribution in [0.4, 0.5) is 5.82 Å². The first-order valence-electron chi connectivity index (χ1n) is 11.5. The Balaban J connectivity index is 1.51. The SMILES string of the molecule is Cc1cccc(CNC(=O)CC2CCCCN2c2cc(C(C)C)nc(-n3ccnc3)n2)c1. The fourth-order valence-corrected chi connectivity index (χ4v) is 4.20. The number of benzene rings is 1. The second-order valence-corrected chi connectivity index (χ2v) is 8.89. The standard InChI is InChI=1S/C25H32N6O/c1-18(2)22-15-23(29-25(28-22)30-12-10-26-17-30)31-11-5-4-9-21(31)14-24(32)27-16-20-8-6-7-19(3)13-20/h6-8,10,12-13,15,17-18,21H,4-5,9,11,14,16H2,1-3H3,(H,27,32). The van der Waals surface area contributed by atoms with Gasteiger partial charge in [-0.1, -0.05) is 43.7 Å². The average molecular weight is 433 g/mol. The third kappa shape index (κ3) is 5.33. The number of anilines is 1. The first-order chi connectivity index (χ1) is 15.5. The van der Waals surface area contributed by atoms with Crippen LogP contribution in [0.5, 0.6) is 0 Å². The van der Waals surface area contributed by atoms with E-state index < -0.39 is 0 Å². The van der Waals surface area contributed by atoms with Crippen molar-refractivity contribution < 1.29 is 4.79 Å². The number of amides is 1. The molecule has 1 aliphatic heterocycles. The molecular weight excluding hydrogens is 400 g/mol. The van der Waals surface area contributed by atoms with Crippen molar-refractivity contribution in [2.24, 2.45) is 0 Å². The van der Waals surface area contributed by atoms with Gasteiger partial charge in [-0.25, -0.2) is 9.97 Å². The Morgan fingerprint density at radius 1 is 1.22 bits per heavy atom. The number of carbonyl (C=O) groups excluding carboxylic acids is 1. The lowest BCUT2D eigenvalue weighted by Crippen LogP contribution is -2.43. The molecule has 32 heavy (non-hydrogen) atoms. The molecule has 1 amide bonds. The topological polar surface area (TPSA) is 75.9 Å². The van der Waals surface area contributed by atoms with E-state index in [-0.39, 0.29) is 17.9 Å². The van der Waals surface area contributed by atoms with Crippen molar-refractivity contribution in [2.75, 3.05) is 11.4 Å². The Morgan fingerprint density at radius 2 is 2.09 bits per heavy atom. The quantitative estimate of drug-likeness (QED) is 0.607. The number of aromatic nitrogens is 4. The normalized spacial score (nSPS) is 16.4. The van der Waals surface area contributed by atoms with E-state index in [0.717, 1.165) is 42.9 Å². The molecule has 3 aromatic rings. The van der Waals surface area contributed by atoms with Gasteiger partial charge in [0.05, 0.1) is 5.69 Å². The minimum absolute atomic E-state index is 0.0800. The van der Waals surface area contributed by atoms with Crippen molar-refractivity contribution in [1.29, 1.82) is 0 Å². The third-order valence-electron chi connectivity index (χ3n) is 5.96. The van der Waals surface area contributed by atoms with E-state index >= 15 is 0 Å². The summed E-state index contributed by atoms with van der Waals surface area (Å²) in [6.07, 6.45) is 8.98. The minimum Gasteiger partial charge on any atom is -0.353 e. The van der Waals surface area contributed by atoms with Crippen LogP contribution in [0.25, 0.3) is 5.95 Å². The molecule has 1 atom stereocenters. The van der Waals surface area contributed by atoms with Crippen LogP contribution >= 0.6 is 0 Å². The Bertz CT molecular complexity index is 1050. The van der Waals surface area contributed by atoms with Crippen molar-refractivity contribution >= 4 is 11.7 Å². The van der Waals surface area contributed by atoms with Crippen molar-refractivity contribution in [3.8, 4) is 5.95 Å². The molecule has 0 spiro atoms. The molecule has 1 aliphatic rings. The Labute approximate surface area is 189 Å². The summed E-state index contributed by atoms with van der Waals surface area (Å²) in [6.45, 7) is 7.79. The Hall–Kier alpha value is -3.22. The van der Waals surface area contributed by atoms with Gasteiger partial charge in [-0.3, -0.25) is 9.36 Å². The van der Waals surface area contributed by atoms with Crippen LogP contribution in [-0.2, 0) is 11.3 Å². The molecule has 0 radical (unpaired) electrons. The van der Waals surface area contributed by atoms with Gasteiger partial charge in [0.1, 0.15) is 12.1 Å². The molecular formula is C25H32N6O. The predicted molar refractivity (Wildman–Crippen MR) is 126 cm³/mol. The first-order valence-corrected chi connectivity index (χ1v) is 11.5. The average Bonchev–Trinajstić information content (AvgIpc) is 3.33. The number of rotatable bonds is 7. The summed E-state index contributed by atoms with van der Waals surface area (Å²) in [5, 5.41) is 3.10. The number of hydrogen-bond donors (Lipinski definition) is 1. The number of piperidine rings is 1. The highest BCUT2D eigenvalue weighted by Crippen LogP contribution is 2.28. The number of imidazole rings is 1. The maximum atomic E-state index is 12.8. The summed E-state index contributed by atoms with van der Waals surface area (Å²) >= 11 is 0. The molecule has 168 valence electrons. The number of hydrogen-bond acceptors (Lipinski definition) is 5. The lowest BCUT2D eigenvalue weighted by atomic mass is 9.98. The monoisotopic (exact) mass is 432 g/mol. The summed E-state index contributed by atoms with van der Waals surface area (Å²) in [5.41, 5.74) is 3.32. The van der Waals surface area contributed by atoms with Gasteiger partial charge in [0.25, 0.3) is 0 Å². The maximum Gasteiger partial charge on any atom is 0.237 e. The lowest BCUT2D eigenvalue weighted by molar-refractivity contribution is -0.121. The summed E-state index contributed by atoms with van der Waals surface area (Å²) in [6, 6.07) is 10.5. The molecule has 1 N–H and O–H groups in total. The molecule has 1 unspecified atom stereocenters. The van der Waals surface area contributed by atoms with Crippen LogP contribution in [-0.4, -0.2) is 38.0 Å². The van der Waals surface area contributed by atoms with Gasteiger partial charge in [-0.2, -0.15) is 4.98 Å². The van der Waals surface area contributed by atoms with E-state index in [1.165, 1.54) is 5.56 Å². The predicted octanol–water partition coefficient (Wildman–Crippen LogP) is 4.16. The summed E-state index contributed by atoms with van der Waals surface area (Å²) in [5.74, 6) is 1.87. The van der Waals surface area contributed by atoms with E-state index in [1.807, 2.05) is 22.9 Å². The molecule has 2 aromatic heterocycles. The van der Waals surface area contributed by atoms with Crippen molar-refractivity contribution in [2.45, 2.75) is 65.0 Å². The van der Waals surface area contributed by atoms with Gasteiger partial charge < -0.3 is 10.2 Å². The zero-order valence-corrected chi connectivity index (χ0v) is 19.2. The maximum absolute atomic E-state index is 12.8. The first kappa shape index (κ1) is 22.0. The largest absolute Gasteiger partial charge is 0.353 e. The van der Waals surface area contributed by atoms with Crippen LogP contribution in [0.3, 0.4) is 0 Å². The second-order valence-electron chi connectivity index (χ2n) is 8.89. The van der Waals surface area contributed by atoms with E-state index in [4.69, 9.17) is 9.97 Å². The van der Waals surface area contributed by atoms with Gasteiger partial charge in [-0.05, 0) is 37.7 Å². The molecule has 0 aliphatic carbocycles. The Kier molecular flexibility index (Phi) is 6.83. The lowest BCUT2D eigenvalue weighted by Gasteiger charge is -2.36. The van der Waals surface area contributed by atoms with Gasteiger partial charge in [-0.15, -0.1) is 0 Å². The van der Waals surface area contributed by atoms with E-state index in [0.29, 0.717) is 18.9 Å². The van der Waals surface area contributed by atoms with Gasteiger partial charge in [0.15, 0.2) is 0 Å². The smallest absolute Gasteiger partial charge is 0.237 e. The number of carbonyl (C=O) groups is 1.